The van der Waals surface area contributed by atoms with Gasteiger partial charge in [0.15, 0.2) is 0 Å². The maximum Gasteiger partial charge on any atom is 0.334 e. The third kappa shape index (κ3) is 4.95. The molecule has 0 aliphatic carbocycles. The van der Waals surface area contributed by atoms with E-state index in [9.17, 15) is 4.79 Å². The summed E-state index contributed by atoms with van der Waals surface area (Å²) in [4.78, 5) is 12.1. The lowest BCUT2D eigenvalue weighted by atomic mass is 9.81. The fraction of sp³-hybridized carbons (Fsp3) is 0.400. The molecule has 1 aliphatic heterocycles. The Kier molecular flexibility index (Phi) is 5.97. The number of rotatable bonds is 7. The van der Waals surface area contributed by atoms with Gasteiger partial charge in [-0.15, -0.1) is 5.73 Å². The van der Waals surface area contributed by atoms with Gasteiger partial charge in [0.25, 0.3) is 0 Å². The molecule has 0 N–H and O–H groups in total. The van der Waals surface area contributed by atoms with Crippen LogP contribution in [-0.4, -0.2) is 18.7 Å². The number of cyclic esters (lactones) is 1. The summed E-state index contributed by atoms with van der Waals surface area (Å²) in [6.07, 6.45) is 4.88. The van der Waals surface area contributed by atoms with Crippen molar-refractivity contribution in [1.29, 1.82) is 0 Å². The zero-order valence-corrected chi connectivity index (χ0v) is 13.9. The summed E-state index contributed by atoms with van der Waals surface area (Å²) in [7, 11) is 0. The molecule has 0 fully saturated rings. The van der Waals surface area contributed by atoms with Crippen LogP contribution in [0.15, 0.2) is 60.4 Å². The van der Waals surface area contributed by atoms with Crippen LogP contribution < -0.4 is 0 Å². The minimum atomic E-state index is -0.300. The van der Waals surface area contributed by atoms with Crippen molar-refractivity contribution in [2.45, 2.75) is 39.4 Å². The first-order valence-corrected chi connectivity index (χ1v) is 7.93. The van der Waals surface area contributed by atoms with Crippen molar-refractivity contribution < 1.29 is 14.3 Å². The van der Waals surface area contributed by atoms with Crippen LogP contribution in [-0.2, 0) is 20.9 Å². The summed E-state index contributed by atoms with van der Waals surface area (Å²) in [5.74, 6) is -0.246. The predicted molar refractivity (Wildman–Crippen MR) is 90.8 cm³/mol. The zero-order chi connectivity index (χ0) is 16.7. The summed E-state index contributed by atoms with van der Waals surface area (Å²) < 4.78 is 11.1. The Morgan fingerprint density at radius 3 is 2.78 bits per heavy atom. The minimum absolute atomic E-state index is 0.237. The highest BCUT2D eigenvalue weighted by Crippen LogP contribution is 2.33. The highest BCUT2D eigenvalue weighted by atomic mass is 16.5. The lowest BCUT2D eigenvalue weighted by Gasteiger charge is -2.33. The average molecular weight is 312 g/mol. The van der Waals surface area contributed by atoms with E-state index in [-0.39, 0.29) is 17.5 Å². The van der Waals surface area contributed by atoms with Crippen LogP contribution in [0.2, 0.25) is 0 Å². The van der Waals surface area contributed by atoms with Crippen molar-refractivity contribution in [3.8, 4) is 0 Å². The molecule has 0 amide bonds. The van der Waals surface area contributed by atoms with Gasteiger partial charge in [-0.1, -0.05) is 56.8 Å². The molecule has 0 radical (unpaired) electrons. The summed E-state index contributed by atoms with van der Waals surface area (Å²) in [6.45, 7) is 8.86. The SMILES string of the molecule is C=C=CC1OC(=O)C(CCCOCc2ccccc2)=CC1(C)C. The molecular weight excluding hydrogens is 288 g/mol. The number of hydrogen-bond donors (Lipinski definition) is 0. The number of carbonyl (C=O) groups is 1. The molecule has 1 atom stereocenters. The Labute approximate surface area is 138 Å². The van der Waals surface area contributed by atoms with Crippen molar-refractivity contribution in [2.75, 3.05) is 6.61 Å². The number of carbonyl (C=O) groups excluding carboxylic acids is 1. The van der Waals surface area contributed by atoms with Crippen LogP contribution in [0, 0.1) is 5.41 Å². The first-order valence-electron chi connectivity index (χ1n) is 7.93. The van der Waals surface area contributed by atoms with Gasteiger partial charge in [0, 0.05) is 17.6 Å². The molecule has 23 heavy (non-hydrogen) atoms. The molecule has 0 aromatic heterocycles. The molecule has 1 heterocycles. The van der Waals surface area contributed by atoms with Gasteiger partial charge in [-0.3, -0.25) is 0 Å². The fourth-order valence-corrected chi connectivity index (χ4v) is 2.59. The monoisotopic (exact) mass is 312 g/mol. The normalized spacial score (nSPS) is 19.5. The molecule has 0 saturated carbocycles. The minimum Gasteiger partial charge on any atom is -0.453 e. The van der Waals surface area contributed by atoms with E-state index in [2.05, 4.69) is 12.3 Å². The fourth-order valence-electron chi connectivity index (χ4n) is 2.59. The van der Waals surface area contributed by atoms with Gasteiger partial charge in [0.2, 0.25) is 0 Å². The van der Waals surface area contributed by atoms with E-state index >= 15 is 0 Å². The highest BCUT2D eigenvalue weighted by molar-refractivity contribution is 5.89. The molecule has 3 nitrogen and oxygen atoms in total. The Bertz CT molecular complexity index is 607. The Morgan fingerprint density at radius 1 is 1.35 bits per heavy atom. The molecule has 1 unspecified atom stereocenters. The molecule has 1 aliphatic rings. The van der Waals surface area contributed by atoms with Crippen molar-refractivity contribution in [3.63, 3.8) is 0 Å². The van der Waals surface area contributed by atoms with E-state index in [0.29, 0.717) is 19.6 Å². The van der Waals surface area contributed by atoms with Crippen molar-refractivity contribution >= 4 is 5.97 Å². The Hall–Kier alpha value is -2.09. The van der Waals surface area contributed by atoms with E-state index in [1.165, 1.54) is 0 Å². The molecule has 0 bridgehead atoms. The van der Waals surface area contributed by atoms with Crippen LogP contribution in [0.5, 0.6) is 0 Å². The van der Waals surface area contributed by atoms with Crippen LogP contribution >= 0.6 is 0 Å². The van der Waals surface area contributed by atoms with Crippen LogP contribution in [0.25, 0.3) is 0 Å². The largest absolute Gasteiger partial charge is 0.453 e. The first-order chi connectivity index (χ1) is 11.0. The number of esters is 1. The maximum atomic E-state index is 12.1. The van der Waals surface area contributed by atoms with Crippen LogP contribution in [0.4, 0.5) is 0 Å². The van der Waals surface area contributed by atoms with Gasteiger partial charge in [-0.2, -0.15) is 0 Å². The lowest BCUT2D eigenvalue weighted by molar-refractivity contribution is -0.148. The van der Waals surface area contributed by atoms with E-state index in [4.69, 9.17) is 9.47 Å². The Morgan fingerprint density at radius 2 is 2.09 bits per heavy atom. The summed E-state index contributed by atoms with van der Waals surface area (Å²) >= 11 is 0. The Balaban J connectivity index is 1.81. The van der Waals surface area contributed by atoms with Gasteiger partial charge in [-0.25, -0.2) is 4.79 Å². The van der Waals surface area contributed by atoms with Gasteiger partial charge >= 0.3 is 5.97 Å². The number of benzene rings is 1. The highest BCUT2D eigenvalue weighted by Gasteiger charge is 2.35. The molecule has 3 heteroatoms. The number of hydrogen-bond acceptors (Lipinski definition) is 3. The second kappa shape index (κ2) is 7.96. The molecule has 1 aromatic carbocycles. The maximum absolute atomic E-state index is 12.1. The van der Waals surface area contributed by atoms with E-state index in [1.54, 1.807) is 6.08 Å². The lowest BCUT2D eigenvalue weighted by Crippen LogP contribution is -2.36. The standard InChI is InChI=1S/C20H24O3/c1-4-9-18-20(2,3)14-17(19(21)23-18)12-8-13-22-15-16-10-6-5-7-11-16/h5-7,9-11,14,18H,1,8,12-13,15H2,2-3H3. The molecule has 1 aromatic rings. The topological polar surface area (TPSA) is 35.5 Å². The third-order valence-corrected chi connectivity index (χ3v) is 3.89. The molecule has 0 saturated heterocycles. The van der Waals surface area contributed by atoms with Crippen LogP contribution in [0.1, 0.15) is 32.3 Å². The summed E-state index contributed by atoms with van der Waals surface area (Å²) in [5.41, 5.74) is 4.35. The van der Waals surface area contributed by atoms with Gasteiger partial charge in [-0.05, 0) is 24.5 Å². The third-order valence-electron chi connectivity index (χ3n) is 3.89. The first kappa shape index (κ1) is 17.3. The summed E-state index contributed by atoms with van der Waals surface area (Å²) in [5, 5.41) is 0. The molecule has 2 rings (SSSR count). The van der Waals surface area contributed by atoms with E-state index < -0.39 is 0 Å². The molecular formula is C20H24O3. The second-order valence-electron chi connectivity index (χ2n) is 6.33. The van der Waals surface area contributed by atoms with Gasteiger partial charge in [0.05, 0.1) is 6.61 Å². The quantitative estimate of drug-likeness (QED) is 0.430. The van der Waals surface area contributed by atoms with Gasteiger partial charge in [0.1, 0.15) is 6.10 Å². The van der Waals surface area contributed by atoms with E-state index in [1.807, 2.05) is 50.3 Å². The van der Waals surface area contributed by atoms with Crippen LogP contribution in [0.3, 0.4) is 0 Å². The smallest absolute Gasteiger partial charge is 0.334 e. The van der Waals surface area contributed by atoms with Gasteiger partial charge < -0.3 is 9.47 Å². The average Bonchev–Trinajstić information content (AvgIpc) is 2.52. The van der Waals surface area contributed by atoms with E-state index in [0.717, 1.165) is 17.6 Å². The zero-order valence-electron chi connectivity index (χ0n) is 13.9. The molecule has 122 valence electrons. The second-order valence-corrected chi connectivity index (χ2v) is 6.33. The predicted octanol–water partition coefficient (Wildman–Crippen LogP) is 4.20. The van der Waals surface area contributed by atoms with Crippen molar-refractivity contribution in [2.24, 2.45) is 5.41 Å². The number of ether oxygens (including phenoxy) is 2. The van der Waals surface area contributed by atoms with Crippen molar-refractivity contribution in [3.05, 3.63) is 65.9 Å². The van der Waals surface area contributed by atoms with Crippen molar-refractivity contribution in [1.82, 2.24) is 0 Å². The molecule has 0 spiro atoms. The summed E-state index contributed by atoms with van der Waals surface area (Å²) in [6, 6.07) is 10.1.